The molecule has 1 aliphatic rings. The number of hydrogen-bond donors (Lipinski definition) is 0. The summed E-state index contributed by atoms with van der Waals surface area (Å²) in [7, 11) is 0. The van der Waals surface area contributed by atoms with Gasteiger partial charge in [0.1, 0.15) is 0 Å². The van der Waals surface area contributed by atoms with Gasteiger partial charge in [0, 0.05) is 5.69 Å². The second kappa shape index (κ2) is 2.42. The Morgan fingerprint density at radius 2 is 2.25 bits per heavy atom. The molecule has 0 amide bonds. The molecule has 4 nitrogen and oxygen atoms in total. The normalized spacial score (nSPS) is 14.8. The van der Waals surface area contributed by atoms with Crippen LogP contribution in [0, 0.1) is 5.21 Å². The van der Waals surface area contributed by atoms with Crippen molar-refractivity contribution in [3.05, 3.63) is 29.5 Å². The molecule has 0 N–H and O–H groups in total. The minimum absolute atomic E-state index is 0.492. The summed E-state index contributed by atoms with van der Waals surface area (Å²) in [5, 5.41) is 15.0. The van der Waals surface area contributed by atoms with Crippen LogP contribution in [0.5, 0.6) is 0 Å². The average Bonchev–Trinajstić information content (AvgIpc) is 2.12. The molecule has 0 bridgehead atoms. The van der Waals surface area contributed by atoms with Crippen LogP contribution in [0.15, 0.2) is 29.4 Å². The third-order valence-electron chi connectivity index (χ3n) is 1.63. The van der Waals surface area contributed by atoms with Gasteiger partial charge in [-0.2, -0.15) is 0 Å². The molecule has 1 heterocycles. The highest BCUT2D eigenvalue weighted by Gasteiger charge is 2.08. The second-order valence-corrected chi connectivity index (χ2v) is 2.39. The van der Waals surface area contributed by atoms with Crippen LogP contribution < -0.4 is 5.17 Å². The lowest BCUT2D eigenvalue weighted by Crippen LogP contribution is -2.17. The molecule has 0 atom stereocenters. The van der Waals surface area contributed by atoms with Gasteiger partial charge in [0.2, 0.25) is 0 Å². The van der Waals surface area contributed by atoms with Crippen LogP contribution in [-0.4, -0.2) is 17.6 Å². The maximum atomic E-state index is 11.1. The topological polar surface area (TPSA) is 41.7 Å². The van der Waals surface area contributed by atoms with Crippen molar-refractivity contribution in [3.8, 4) is 0 Å². The lowest BCUT2D eigenvalue weighted by molar-refractivity contribution is -0.284. The van der Waals surface area contributed by atoms with Crippen molar-refractivity contribution in [1.82, 2.24) is 0 Å². The molecule has 1 aliphatic heterocycles. The van der Waals surface area contributed by atoms with Crippen LogP contribution in [0.1, 0.15) is 0 Å². The van der Waals surface area contributed by atoms with Gasteiger partial charge in [-0.1, -0.05) is 18.2 Å². The highest BCUT2D eigenvalue weighted by atomic mass is 16.5. The van der Waals surface area contributed by atoms with E-state index in [0.717, 1.165) is 0 Å². The van der Waals surface area contributed by atoms with Crippen LogP contribution >= 0.6 is 0 Å². The number of benzene rings is 1. The Morgan fingerprint density at radius 3 is 3.00 bits per heavy atom. The van der Waals surface area contributed by atoms with E-state index in [4.69, 9.17) is 0 Å². The van der Waals surface area contributed by atoms with Gasteiger partial charge >= 0.3 is 0 Å². The van der Waals surface area contributed by atoms with Crippen molar-refractivity contribution < 1.29 is 4.58 Å². The molecule has 12 heavy (non-hydrogen) atoms. The maximum absolute atomic E-state index is 11.1. The van der Waals surface area contributed by atoms with E-state index in [-0.39, 0.29) is 0 Å². The van der Waals surface area contributed by atoms with Gasteiger partial charge in [0.15, 0.2) is 0 Å². The molecule has 4 heteroatoms. The quantitative estimate of drug-likeness (QED) is 0.422. The predicted molar refractivity (Wildman–Crippen MR) is 46.8 cm³/mol. The largest absolute Gasteiger partial charge is 0.720 e. The predicted octanol–water partition coefficient (Wildman–Crippen LogP) is 1.17. The summed E-state index contributed by atoms with van der Waals surface area (Å²) >= 11 is 0. The molecular weight excluding hydrogens is 154 g/mol. The highest BCUT2D eigenvalue weighted by Crippen LogP contribution is 2.28. The average molecular weight is 160 g/mol. The first-order valence-corrected chi connectivity index (χ1v) is 3.42. The minimum atomic E-state index is 0.492. The third kappa shape index (κ3) is 0.895. The molecule has 0 radical (unpaired) electrons. The molecule has 60 valence electrons. The van der Waals surface area contributed by atoms with Gasteiger partial charge in [-0.15, -0.1) is 0 Å². The zero-order chi connectivity index (χ0) is 8.55. The van der Waals surface area contributed by atoms with Crippen molar-refractivity contribution in [1.29, 1.82) is 0 Å². The van der Waals surface area contributed by atoms with E-state index in [0.29, 0.717) is 16.5 Å². The smallest absolute Gasteiger partial charge is 0.283 e. The van der Waals surface area contributed by atoms with Crippen LogP contribution in [0.4, 0.5) is 11.4 Å². The van der Waals surface area contributed by atoms with Gasteiger partial charge in [-0.25, -0.2) is 0 Å². The number of hydrazone groups is 1. The molecule has 0 aliphatic carbocycles. The van der Waals surface area contributed by atoms with E-state index >= 15 is 0 Å². The number of nitrogens with zero attached hydrogens (tertiary/aromatic N) is 3. The first-order valence-electron chi connectivity index (χ1n) is 3.42. The van der Waals surface area contributed by atoms with Crippen molar-refractivity contribution in [2.24, 2.45) is 5.10 Å². The van der Waals surface area contributed by atoms with E-state index in [1.54, 1.807) is 18.2 Å². The van der Waals surface area contributed by atoms with Crippen LogP contribution in [0.2, 0.25) is 0 Å². The van der Waals surface area contributed by atoms with E-state index in [9.17, 15) is 5.21 Å². The van der Waals surface area contributed by atoms with Gasteiger partial charge in [0.05, 0.1) is 5.69 Å². The molecular formula is C8H6N3O-. The van der Waals surface area contributed by atoms with Crippen LogP contribution in [0.3, 0.4) is 0 Å². The molecule has 0 saturated heterocycles. The maximum Gasteiger partial charge on any atom is 0.283 e. The molecule has 0 aromatic heterocycles. The molecule has 1 aromatic carbocycles. The van der Waals surface area contributed by atoms with Crippen molar-refractivity contribution in [2.75, 3.05) is 5.17 Å². The summed E-state index contributed by atoms with van der Waals surface area (Å²) in [6, 6.07) is 7.08. The number of anilines is 1. The number of hydrogen-bond acceptors (Lipinski definition) is 3. The minimum Gasteiger partial charge on any atom is -0.720 e. The summed E-state index contributed by atoms with van der Waals surface area (Å²) in [5.74, 6) is 0. The Labute approximate surface area is 69.6 Å². The molecule has 0 unspecified atom stereocenters. The number of rotatable bonds is 0. The summed E-state index contributed by atoms with van der Waals surface area (Å²) in [5.41, 5.74) is 1.20. The fraction of sp³-hybridized carbons (Fsp3) is 0. The summed E-state index contributed by atoms with van der Waals surface area (Å²) in [6.07, 6.45) is 2.45. The van der Waals surface area contributed by atoms with Crippen molar-refractivity contribution >= 4 is 24.4 Å². The monoisotopic (exact) mass is 160 g/mol. The van der Waals surface area contributed by atoms with Crippen LogP contribution in [-0.2, 0) is 0 Å². The summed E-state index contributed by atoms with van der Waals surface area (Å²) in [6.45, 7) is 3.64. The first-order chi connectivity index (χ1) is 5.79. The lowest BCUT2D eigenvalue weighted by atomic mass is 10.2. The molecule has 2 rings (SSSR count). The van der Waals surface area contributed by atoms with E-state index in [1.165, 1.54) is 4.58 Å². The lowest BCUT2D eigenvalue weighted by Gasteiger charge is -2.27. The van der Waals surface area contributed by atoms with Gasteiger partial charge in [-0.05, 0) is 17.9 Å². The third-order valence-corrected chi connectivity index (χ3v) is 1.63. The fourth-order valence-corrected chi connectivity index (χ4v) is 1.06. The highest BCUT2D eigenvalue weighted by molar-refractivity contribution is 5.72. The Hall–Kier alpha value is -1.68. The standard InChI is InChI=1S/C8H6N3O/c1-10-6-9-11(12)8-5-3-2-4-7(8)10/h2-5H,1H2/q-1. The number of fused-ring (bicyclic) bond motifs is 1. The fourth-order valence-electron chi connectivity index (χ4n) is 1.06. The van der Waals surface area contributed by atoms with Crippen LogP contribution in [0.25, 0.3) is 0 Å². The SMILES string of the molecule is C=[N+]1[C-]=NN([O-])c2ccccc21. The first kappa shape index (κ1) is 7.00. The Kier molecular flexibility index (Phi) is 1.41. The Bertz CT molecular complexity index is 359. The number of para-hydroxylation sites is 2. The van der Waals surface area contributed by atoms with Gasteiger partial charge in [-0.3, -0.25) is 5.17 Å². The van der Waals surface area contributed by atoms with Gasteiger partial charge in [0.25, 0.3) is 6.34 Å². The zero-order valence-corrected chi connectivity index (χ0v) is 6.27. The summed E-state index contributed by atoms with van der Waals surface area (Å²) < 4.78 is 1.43. The Morgan fingerprint density at radius 1 is 1.50 bits per heavy atom. The van der Waals surface area contributed by atoms with Crippen molar-refractivity contribution in [3.63, 3.8) is 0 Å². The molecule has 0 saturated carbocycles. The van der Waals surface area contributed by atoms with Gasteiger partial charge < -0.3 is 9.78 Å². The molecule has 0 fully saturated rings. The van der Waals surface area contributed by atoms with E-state index < -0.39 is 0 Å². The zero-order valence-electron chi connectivity index (χ0n) is 6.27. The second-order valence-electron chi connectivity index (χ2n) is 2.39. The summed E-state index contributed by atoms with van der Waals surface area (Å²) in [4.78, 5) is 0. The Balaban J connectivity index is 2.61. The van der Waals surface area contributed by atoms with E-state index in [2.05, 4.69) is 18.2 Å². The van der Waals surface area contributed by atoms with Crippen molar-refractivity contribution in [2.45, 2.75) is 0 Å². The molecule has 1 aromatic rings. The van der Waals surface area contributed by atoms with E-state index in [1.807, 2.05) is 6.07 Å². The molecule has 0 spiro atoms.